The second-order valence-electron chi connectivity index (χ2n) is 7.38. The van der Waals surface area contributed by atoms with Crippen molar-refractivity contribution in [1.82, 2.24) is 21.1 Å². The molecule has 0 spiro atoms. The van der Waals surface area contributed by atoms with E-state index in [-0.39, 0.29) is 18.4 Å². The van der Waals surface area contributed by atoms with E-state index in [4.69, 9.17) is 0 Å². The number of piperidine rings is 1. The van der Waals surface area contributed by atoms with Gasteiger partial charge in [-0.05, 0) is 44.2 Å². The molecule has 1 aromatic rings. The van der Waals surface area contributed by atoms with E-state index in [0.717, 1.165) is 51.7 Å². The highest BCUT2D eigenvalue weighted by Gasteiger charge is 2.44. The molecule has 3 aliphatic heterocycles. The Balaban J connectivity index is 0.00000182. The van der Waals surface area contributed by atoms with Crippen molar-refractivity contribution in [2.75, 3.05) is 19.6 Å². The van der Waals surface area contributed by atoms with Gasteiger partial charge in [0.15, 0.2) is 0 Å². The van der Waals surface area contributed by atoms with Crippen molar-refractivity contribution < 1.29 is 4.79 Å². The third-order valence-electron chi connectivity index (χ3n) is 5.92. The summed E-state index contributed by atoms with van der Waals surface area (Å²) in [5.74, 6) is 0.677. The van der Waals surface area contributed by atoms with Crippen molar-refractivity contribution in [3.8, 4) is 0 Å². The first-order valence-electron chi connectivity index (χ1n) is 9.39. The van der Waals surface area contributed by atoms with Crippen LogP contribution in [0, 0.1) is 5.92 Å². The van der Waals surface area contributed by atoms with Crippen molar-refractivity contribution >= 4 is 18.3 Å². The van der Waals surface area contributed by atoms with Gasteiger partial charge in [-0.2, -0.15) is 0 Å². The summed E-state index contributed by atoms with van der Waals surface area (Å²) < 4.78 is 0. The zero-order valence-electron chi connectivity index (χ0n) is 14.6. The summed E-state index contributed by atoms with van der Waals surface area (Å²) in [6.45, 7) is 2.89. The SMILES string of the molecule is Cl.O=C(C1NNC2CCNCC21)N1CCCC1CCc1ccccc1. The number of hydrazine groups is 1. The number of carbonyl (C=O) groups excluding carboxylic acids is 1. The average molecular weight is 365 g/mol. The van der Waals surface area contributed by atoms with Crippen molar-refractivity contribution in [3.05, 3.63) is 35.9 Å². The molecule has 4 atom stereocenters. The van der Waals surface area contributed by atoms with Gasteiger partial charge in [-0.1, -0.05) is 30.3 Å². The van der Waals surface area contributed by atoms with Gasteiger partial charge >= 0.3 is 0 Å². The Kier molecular flexibility index (Phi) is 6.34. The number of aryl methyl sites for hydroxylation is 1. The minimum Gasteiger partial charge on any atom is -0.338 e. The monoisotopic (exact) mass is 364 g/mol. The molecule has 0 bridgehead atoms. The number of nitrogens with zero attached hydrogens (tertiary/aromatic N) is 1. The number of nitrogens with one attached hydrogen (secondary N) is 3. The fraction of sp³-hybridized carbons (Fsp3) is 0.632. The zero-order valence-corrected chi connectivity index (χ0v) is 15.4. The number of fused-ring (bicyclic) bond motifs is 1. The summed E-state index contributed by atoms with van der Waals surface area (Å²) in [6, 6.07) is 11.4. The summed E-state index contributed by atoms with van der Waals surface area (Å²) in [5.41, 5.74) is 8.01. The molecule has 0 radical (unpaired) electrons. The van der Waals surface area contributed by atoms with Gasteiger partial charge in [-0.15, -0.1) is 12.4 Å². The number of amides is 1. The van der Waals surface area contributed by atoms with Crippen LogP contribution in [0.1, 0.15) is 31.2 Å². The maximum atomic E-state index is 13.1. The van der Waals surface area contributed by atoms with Crippen LogP contribution >= 0.6 is 12.4 Å². The van der Waals surface area contributed by atoms with Crippen LogP contribution in [0.15, 0.2) is 30.3 Å². The van der Waals surface area contributed by atoms with E-state index in [2.05, 4.69) is 51.4 Å². The Morgan fingerprint density at radius 2 is 2.00 bits per heavy atom. The highest BCUT2D eigenvalue weighted by Crippen LogP contribution is 2.27. The molecule has 138 valence electrons. The highest BCUT2D eigenvalue weighted by atomic mass is 35.5. The summed E-state index contributed by atoms with van der Waals surface area (Å²) in [6.07, 6.45) is 5.50. The molecule has 25 heavy (non-hydrogen) atoms. The molecule has 4 rings (SSSR count). The maximum absolute atomic E-state index is 13.1. The number of benzene rings is 1. The first-order chi connectivity index (χ1) is 11.8. The van der Waals surface area contributed by atoms with Crippen LogP contribution in [-0.4, -0.2) is 48.6 Å². The lowest BCUT2D eigenvalue weighted by atomic mass is 9.88. The highest BCUT2D eigenvalue weighted by molar-refractivity contribution is 5.85. The van der Waals surface area contributed by atoms with E-state index in [1.165, 1.54) is 5.56 Å². The predicted octanol–water partition coefficient (Wildman–Crippen LogP) is 1.49. The van der Waals surface area contributed by atoms with E-state index in [1.54, 1.807) is 0 Å². The number of halogens is 1. The normalized spacial score (nSPS) is 31.4. The topological polar surface area (TPSA) is 56.4 Å². The third-order valence-corrected chi connectivity index (χ3v) is 5.92. The molecule has 3 saturated heterocycles. The molecule has 0 saturated carbocycles. The van der Waals surface area contributed by atoms with Gasteiger partial charge < -0.3 is 10.2 Å². The second kappa shape index (κ2) is 8.49. The molecule has 3 N–H and O–H groups in total. The van der Waals surface area contributed by atoms with Gasteiger partial charge in [0.2, 0.25) is 5.91 Å². The van der Waals surface area contributed by atoms with Crippen molar-refractivity contribution in [3.63, 3.8) is 0 Å². The van der Waals surface area contributed by atoms with Crippen molar-refractivity contribution in [2.24, 2.45) is 5.92 Å². The van der Waals surface area contributed by atoms with E-state index in [0.29, 0.717) is 23.9 Å². The number of carbonyl (C=O) groups is 1. The zero-order chi connectivity index (χ0) is 16.4. The average Bonchev–Trinajstić information content (AvgIpc) is 3.27. The molecule has 5 nitrogen and oxygen atoms in total. The lowest BCUT2D eigenvalue weighted by Gasteiger charge is -2.32. The predicted molar refractivity (Wildman–Crippen MR) is 102 cm³/mol. The van der Waals surface area contributed by atoms with Gasteiger partial charge in [-0.3, -0.25) is 10.2 Å². The van der Waals surface area contributed by atoms with Gasteiger partial charge in [0.25, 0.3) is 0 Å². The Morgan fingerprint density at radius 1 is 1.16 bits per heavy atom. The smallest absolute Gasteiger partial charge is 0.241 e. The summed E-state index contributed by atoms with van der Waals surface area (Å²) in [4.78, 5) is 15.3. The Hall–Kier alpha value is -1.14. The van der Waals surface area contributed by atoms with Crippen molar-refractivity contribution in [1.29, 1.82) is 0 Å². The Labute approximate surface area is 156 Å². The first-order valence-corrected chi connectivity index (χ1v) is 9.39. The number of rotatable bonds is 4. The largest absolute Gasteiger partial charge is 0.338 e. The first kappa shape index (κ1) is 18.6. The van der Waals surface area contributed by atoms with Crippen LogP contribution < -0.4 is 16.2 Å². The quantitative estimate of drug-likeness (QED) is 0.757. The van der Waals surface area contributed by atoms with Crippen LogP contribution in [0.5, 0.6) is 0 Å². The standard InChI is InChI=1S/C19H28N4O.ClH/c24-19(18-16-13-20-11-10-17(16)21-22-18)23-12-4-7-15(23)9-8-14-5-2-1-3-6-14;/h1-3,5-6,15-18,20-22H,4,7-13H2;1H. The van der Waals surface area contributed by atoms with E-state index in [1.807, 2.05) is 0 Å². The minimum absolute atomic E-state index is 0. The molecule has 1 aromatic carbocycles. The van der Waals surface area contributed by atoms with E-state index < -0.39 is 0 Å². The Bertz CT molecular complexity index is 570. The molecule has 4 unspecified atom stereocenters. The van der Waals surface area contributed by atoms with Gasteiger partial charge in [0.05, 0.1) is 0 Å². The molecular formula is C19H29ClN4O. The second-order valence-corrected chi connectivity index (χ2v) is 7.38. The lowest BCUT2D eigenvalue weighted by molar-refractivity contribution is -0.135. The molecule has 3 aliphatic rings. The van der Waals surface area contributed by atoms with Crippen molar-refractivity contribution in [2.45, 2.75) is 50.2 Å². The summed E-state index contributed by atoms with van der Waals surface area (Å²) >= 11 is 0. The fourth-order valence-corrected chi connectivity index (χ4v) is 4.54. The van der Waals surface area contributed by atoms with Gasteiger partial charge in [-0.25, -0.2) is 5.43 Å². The molecule has 3 fully saturated rings. The number of likely N-dealkylation sites (tertiary alicyclic amines) is 1. The fourth-order valence-electron chi connectivity index (χ4n) is 4.54. The Morgan fingerprint density at radius 3 is 2.84 bits per heavy atom. The molecule has 0 aromatic heterocycles. The maximum Gasteiger partial charge on any atom is 0.241 e. The van der Waals surface area contributed by atoms with Crippen LogP contribution in [0.2, 0.25) is 0 Å². The lowest BCUT2D eigenvalue weighted by Crippen LogP contribution is -2.51. The number of hydrogen-bond acceptors (Lipinski definition) is 4. The molecule has 3 heterocycles. The molecular weight excluding hydrogens is 336 g/mol. The third kappa shape index (κ3) is 4.00. The van der Waals surface area contributed by atoms with Crippen LogP contribution in [-0.2, 0) is 11.2 Å². The summed E-state index contributed by atoms with van der Waals surface area (Å²) in [7, 11) is 0. The number of hydrogen-bond donors (Lipinski definition) is 3. The van der Waals surface area contributed by atoms with Gasteiger partial charge in [0, 0.05) is 31.1 Å². The molecule has 0 aliphatic carbocycles. The van der Waals surface area contributed by atoms with E-state index in [9.17, 15) is 4.79 Å². The summed E-state index contributed by atoms with van der Waals surface area (Å²) in [5, 5.41) is 3.44. The van der Waals surface area contributed by atoms with Crippen LogP contribution in [0.4, 0.5) is 0 Å². The van der Waals surface area contributed by atoms with Crippen LogP contribution in [0.3, 0.4) is 0 Å². The minimum atomic E-state index is -0.0693. The van der Waals surface area contributed by atoms with Crippen LogP contribution in [0.25, 0.3) is 0 Å². The van der Waals surface area contributed by atoms with E-state index >= 15 is 0 Å². The molecule has 1 amide bonds. The molecule has 6 heteroatoms. The van der Waals surface area contributed by atoms with Gasteiger partial charge in [0.1, 0.15) is 6.04 Å².